The van der Waals surface area contributed by atoms with Crippen molar-refractivity contribution in [2.75, 3.05) is 36.5 Å². The van der Waals surface area contributed by atoms with Crippen LogP contribution in [0.5, 0.6) is 5.75 Å². The number of hydrogen-bond acceptors (Lipinski definition) is 14. The number of carbonyl (C=O) groups is 1. The van der Waals surface area contributed by atoms with E-state index in [0.717, 1.165) is 32.7 Å². The van der Waals surface area contributed by atoms with E-state index in [2.05, 4.69) is 42.0 Å². The molecule has 1 atom stereocenters. The van der Waals surface area contributed by atoms with E-state index < -0.39 is 34.5 Å². The van der Waals surface area contributed by atoms with E-state index in [4.69, 9.17) is 4.74 Å². The number of aliphatic hydroxyl groups excluding tert-OH is 2. The number of anilines is 4. The maximum Gasteiger partial charge on any atom is 0.355 e. The number of thiazole rings is 2. The Bertz CT molecular complexity index is 2570. The van der Waals surface area contributed by atoms with Gasteiger partial charge in [-0.1, -0.05) is 53.0 Å². The molecule has 3 aromatic carbocycles. The molecule has 0 aliphatic carbocycles. The first kappa shape index (κ1) is 42.1. The first-order chi connectivity index (χ1) is 27.8. The van der Waals surface area contributed by atoms with Gasteiger partial charge < -0.3 is 30.3 Å². The lowest BCUT2D eigenvalue weighted by Crippen LogP contribution is -2.25. The van der Waals surface area contributed by atoms with Gasteiger partial charge in [-0.2, -0.15) is 4.72 Å². The molecule has 302 valence electrons. The Morgan fingerprint density at radius 3 is 2.55 bits per heavy atom. The number of hydrogen-bond donors (Lipinski definition) is 5. The number of nitrogens with one attached hydrogen (secondary N) is 2. The van der Waals surface area contributed by atoms with Crippen molar-refractivity contribution < 1.29 is 37.7 Å². The van der Waals surface area contributed by atoms with Gasteiger partial charge in [-0.05, 0) is 93.6 Å². The van der Waals surface area contributed by atoms with Gasteiger partial charge >= 0.3 is 5.97 Å². The lowest BCUT2D eigenvalue weighted by Gasteiger charge is -2.22. The van der Waals surface area contributed by atoms with Gasteiger partial charge in [0.2, 0.25) is 10.0 Å². The zero-order valence-electron chi connectivity index (χ0n) is 31.7. The van der Waals surface area contributed by atoms with Crippen molar-refractivity contribution in [1.29, 1.82) is 0 Å². The highest BCUT2D eigenvalue weighted by Crippen LogP contribution is 2.34. The lowest BCUT2D eigenvalue weighted by molar-refractivity contribution is 0.0690. The summed E-state index contributed by atoms with van der Waals surface area (Å²) in [6, 6.07) is 18.7. The van der Waals surface area contributed by atoms with Crippen molar-refractivity contribution in [3.8, 4) is 17.6 Å². The van der Waals surface area contributed by atoms with Crippen LogP contribution in [0.3, 0.4) is 0 Å². The number of aromatic nitrogens is 4. The lowest BCUT2D eigenvalue weighted by atomic mass is 10.2. The number of rotatable bonds is 17. The highest BCUT2D eigenvalue weighted by atomic mass is 32.2. The summed E-state index contributed by atoms with van der Waals surface area (Å²) in [4.78, 5) is 23.6. The van der Waals surface area contributed by atoms with Gasteiger partial charge in [0.1, 0.15) is 0 Å². The molecule has 0 saturated carbocycles. The summed E-state index contributed by atoms with van der Waals surface area (Å²) in [6.07, 6.45) is -0.303. The van der Waals surface area contributed by atoms with E-state index in [1.807, 2.05) is 38.1 Å². The molecule has 3 aromatic heterocycles. The predicted octanol–water partition coefficient (Wildman–Crippen LogP) is 6.27. The smallest absolute Gasteiger partial charge is 0.355 e. The second-order valence-electron chi connectivity index (χ2n) is 13.2. The number of para-hydroxylation sites is 1. The fourth-order valence-corrected chi connectivity index (χ4v) is 8.93. The number of carboxylic acids is 1. The van der Waals surface area contributed by atoms with E-state index in [-0.39, 0.29) is 48.9 Å². The third kappa shape index (κ3) is 10.5. The van der Waals surface area contributed by atoms with Gasteiger partial charge in [0, 0.05) is 17.0 Å². The van der Waals surface area contributed by atoms with Crippen LogP contribution >= 0.6 is 22.7 Å². The second-order valence-corrected chi connectivity index (χ2v) is 17.0. The Kier molecular flexibility index (Phi) is 13.6. The molecular weight excluding hydrogens is 806 g/mol. The van der Waals surface area contributed by atoms with Crippen LogP contribution in [0, 0.1) is 38.4 Å². The number of aromatic carboxylic acids is 1. The topological polar surface area (TPSA) is 200 Å². The summed E-state index contributed by atoms with van der Waals surface area (Å²) in [5.41, 5.74) is 3.32. The summed E-state index contributed by atoms with van der Waals surface area (Å²) in [5, 5.41) is 42.6. The molecule has 0 aliphatic rings. The molecule has 14 nitrogen and oxygen atoms in total. The summed E-state index contributed by atoms with van der Waals surface area (Å²) >= 11 is 2.61. The van der Waals surface area contributed by atoms with Crippen LogP contribution in [0.4, 0.5) is 26.3 Å². The fourth-order valence-electron chi connectivity index (χ4n) is 5.79. The molecule has 5 N–H and O–H groups in total. The van der Waals surface area contributed by atoms with E-state index in [1.54, 1.807) is 42.2 Å². The number of aliphatic hydroxyl groups is 2. The number of benzene rings is 3. The predicted molar refractivity (Wildman–Crippen MR) is 222 cm³/mol. The van der Waals surface area contributed by atoms with Crippen molar-refractivity contribution in [3.05, 3.63) is 105 Å². The summed E-state index contributed by atoms with van der Waals surface area (Å²) in [5.74, 6) is 4.39. The highest BCUT2D eigenvalue weighted by molar-refractivity contribution is 7.89. The zero-order chi connectivity index (χ0) is 41.4. The first-order valence-corrected chi connectivity index (χ1v) is 21.2. The van der Waals surface area contributed by atoms with Crippen LogP contribution < -0.4 is 19.7 Å². The zero-order valence-corrected chi connectivity index (χ0v) is 34.1. The Morgan fingerprint density at radius 1 is 1.02 bits per heavy atom. The highest BCUT2D eigenvalue weighted by Gasteiger charge is 2.24. The molecule has 0 bridgehead atoms. The molecule has 0 fully saturated rings. The Balaban J connectivity index is 1.09. The van der Waals surface area contributed by atoms with Crippen molar-refractivity contribution >= 4 is 70.8 Å². The van der Waals surface area contributed by atoms with Gasteiger partial charge in [0.05, 0.1) is 41.0 Å². The maximum atomic E-state index is 14.9. The molecule has 3 heterocycles. The number of nitrogens with zero attached hydrogens (tertiary/aromatic N) is 5. The van der Waals surface area contributed by atoms with Crippen molar-refractivity contribution in [2.45, 2.75) is 51.0 Å². The number of aryl methyl sites for hydroxylation is 4. The SMILES string of the molecule is Cc1ccc(S(=O)(=O)NCC#Cc2ccc(OCCCc3sc(N(CCC(O)CO)c4cc(C)c(Nc5nc6ccccc6s5)nn4)nc3C(=O)O)c(F)c2)c(C)c1. The van der Waals surface area contributed by atoms with Crippen molar-refractivity contribution in [3.63, 3.8) is 0 Å². The molecule has 0 spiro atoms. The minimum Gasteiger partial charge on any atom is -0.491 e. The third-order valence-corrected chi connectivity index (χ3v) is 12.4. The van der Waals surface area contributed by atoms with Gasteiger partial charge in [-0.3, -0.25) is 0 Å². The minimum atomic E-state index is -3.77. The van der Waals surface area contributed by atoms with Crippen LogP contribution in [-0.2, 0) is 16.4 Å². The Hall–Kier alpha value is -5.55. The molecule has 0 aliphatic heterocycles. The molecular formula is C40H40FN7O7S3. The number of sulfonamides is 1. The molecule has 0 saturated heterocycles. The molecule has 0 radical (unpaired) electrons. The Morgan fingerprint density at radius 2 is 1.83 bits per heavy atom. The van der Waals surface area contributed by atoms with Crippen LogP contribution in [0.2, 0.25) is 0 Å². The van der Waals surface area contributed by atoms with Crippen LogP contribution in [0.25, 0.3) is 10.2 Å². The molecule has 58 heavy (non-hydrogen) atoms. The summed E-state index contributed by atoms with van der Waals surface area (Å²) < 4.78 is 49.4. The normalized spacial score (nSPS) is 11.9. The van der Waals surface area contributed by atoms with Gasteiger partial charge in [-0.25, -0.2) is 27.6 Å². The molecule has 6 aromatic rings. The van der Waals surface area contributed by atoms with Crippen molar-refractivity contribution in [1.82, 2.24) is 24.9 Å². The van der Waals surface area contributed by atoms with Crippen LogP contribution in [0.1, 0.15) is 50.5 Å². The number of ether oxygens (including phenoxy) is 1. The van der Waals surface area contributed by atoms with Gasteiger partial charge in [0.25, 0.3) is 0 Å². The molecule has 6 rings (SSSR count). The number of fused-ring (bicyclic) bond motifs is 1. The van der Waals surface area contributed by atoms with Gasteiger partial charge in [0.15, 0.2) is 39.2 Å². The van der Waals surface area contributed by atoms with Crippen LogP contribution in [0.15, 0.2) is 71.6 Å². The minimum absolute atomic E-state index is 0.0202. The van der Waals surface area contributed by atoms with E-state index in [0.29, 0.717) is 44.3 Å². The molecule has 1 unspecified atom stereocenters. The summed E-state index contributed by atoms with van der Waals surface area (Å²) in [7, 11) is -3.77. The summed E-state index contributed by atoms with van der Waals surface area (Å²) in [6.45, 7) is 5.03. The van der Waals surface area contributed by atoms with E-state index in [9.17, 15) is 32.9 Å². The largest absolute Gasteiger partial charge is 0.491 e. The molecule has 18 heteroatoms. The number of halogens is 1. The monoisotopic (exact) mass is 845 g/mol. The third-order valence-electron chi connectivity index (χ3n) is 8.72. The number of carboxylic acid groups (broad SMARTS) is 1. The standard InChI is InChI=1S/C40H40FN7O7S3/c1-24-12-15-34(25(2)20-24)58(53,54)42-17-6-8-27-13-14-31(29(41)22-27)55-19-7-11-33-36(38(51)52)44-40(57-33)48(18-16-28(50)23-49)35-21-26(3)37(47-46-35)45-39-43-30-9-4-5-10-32(30)56-39/h4-5,9-10,12-15,20-22,28,42,49-50H,7,11,16-19,23H2,1-3H3,(H,51,52)(H,43,45,47). The fraction of sp³-hybridized carbons (Fsp3) is 0.275. The van der Waals surface area contributed by atoms with Crippen LogP contribution in [-0.4, -0.2) is 82.3 Å². The maximum absolute atomic E-state index is 14.9. The molecule has 0 amide bonds. The van der Waals surface area contributed by atoms with E-state index >= 15 is 0 Å². The quantitative estimate of drug-likeness (QED) is 0.0509. The Labute approximate surface area is 342 Å². The van der Waals surface area contributed by atoms with Gasteiger partial charge in [-0.15, -0.1) is 21.5 Å². The first-order valence-electron chi connectivity index (χ1n) is 18.1. The van der Waals surface area contributed by atoms with Crippen molar-refractivity contribution in [2.24, 2.45) is 0 Å². The van der Waals surface area contributed by atoms with E-state index in [1.165, 1.54) is 23.5 Å². The average molecular weight is 846 g/mol. The second kappa shape index (κ2) is 18.8. The average Bonchev–Trinajstić information content (AvgIpc) is 3.81.